The fourth-order valence-corrected chi connectivity index (χ4v) is 2.16. The first kappa shape index (κ1) is 12.9. The van der Waals surface area contributed by atoms with Gasteiger partial charge < -0.3 is 5.11 Å². The number of aliphatic hydroxyl groups is 1. The van der Waals surface area contributed by atoms with Crippen molar-refractivity contribution in [3.05, 3.63) is 0 Å². The first-order valence-electron chi connectivity index (χ1n) is 4.91. The molecule has 0 aromatic rings. The molecule has 2 heteroatoms. The van der Waals surface area contributed by atoms with E-state index in [4.69, 9.17) is 0 Å². The molecule has 1 unspecified atom stereocenters. The zero-order valence-electron chi connectivity index (χ0n) is 10.2. The molecule has 0 aromatic heterocycles. The molecule has 1 N–H and O–H groups in total. The second-order valence-corrected chi connectivity index (χ2v) is 6.06. The molecule has 0 aliphatic rings. The van der Waals surface area contributed by atoms with Gasteiger partial charge in [-0.1, -0.05) is 34.6 Å². The van der Waals surface area contributed by atoms with Crippen LogP contribution in [0.5, 0.6) is 0 Å². The van der Waals surface area contributed by atoms with Crippen LogP contribution in [0.2, 0.25) is 0 Å². The van der Waals surface area contributed by atoms with Crippen LogP contribution in [0.3, 0.4) is 0 Å². The Labute approximate surface area is 82.9 Å². The van der Waals surface area contributed by atoms with Gasteiger partial charge in [0.05, 0.1) is 0 Å². The molecule has 0 saturated heterocycles. The fourth-order valence-electron chi connectivity index (χ4n) is 2.16. The number of hydrogen-bond donors (Lipinski definition) is 1. The third kappa shape index (κ3) is 4.63. The maximum Gasteiger partial charge on any atom is 0.112 e. The van der Waals surface area contributed by atoms with E-state index in [0.29, 0.717) is 0 Å². The van der Waals surface area contributed by atoms with Gasteiger partial charge in [-0.05, 0) is 25.9 Å². The van der Waals surface area contributed by atoms with Crippen LogP contribution in [-0.4, -0.2) is 30.3 Å². The van der Waals surface area contributed by atoms with Crippen LogP contribution >= 0.6 is 0 Å². The molecule has 0 fully saturated rings. The molecule has 0 aliphatic carbocycles. The van der Waals surface area contributed by atoms with Gasteiger partial charge in [0.15, 0.2) is 0 Å². The molecule has 0 saturated carbocycles. The Morgan fingerprint density at radius 1 is 1.08 bits per heavy atom. The van der Waals surface area contributed by atoms with Crippen molar-refractivity contribution < 1.29 is 5.11 Å². The number of hydrogen-bond acceptors (Lipinski definition) is 2. The summed E-state index contributed by atoms with van der Waals surface area (Å²) in [5.74, 6) is 0. The largest absolute Gasteiger partial charge is 0.378 e. The first-order chi connectivity index (χ1) is 5.56. The molecule has 13 heavy (non-hydrogen) atoms. The van der Waals surface area contributed by atoms with E-state index < -0.39 is 0 Å². The number of aliphatic hydroxyl groups excluding tert-OH is 1. The third-order valence-electron chi connectivity index (χ3n) is 2.17. The lowest BCUT2D eigenvalue weighted by atomic mass is 9.75. The summed E-state index contributed by atoms with van der Waals surface area (Å²) in [5.41, 5.74) is 0.211. The summed E-state index contributed by atoms with van der Waals surface area (Å²) in [6.45, 7) is 10.8. The van der Waals surface area contributed by atoms with E-state index in [2.05, 4.69) is 34.6 Å². The zero-order chi connectivity index (χ0) is 10.9. The zero-order valence-corrected chi connectivity index (χ0v) is 10.2. The van der Waals surface area contributed by atoms with E-state index >= 15 is 0 Å². The minimum Gasteiger partial charge on any atom is -0.378 e. The summed E-state index contributed by atoms with van der Waals surface area (Å²) >= 11 is 0. The van der Waals surface area contributed by atoms with Gasteiger partial charge >= 0.3 is 0 Å². The summed E-state index contributed by atoms with van der Waals surface area (Å²) in [6, 6.07) is 0. The predicted octanol–water partition coefficient (Wildman–Crippen LogP) is 2.33. The van der Waals surface area contributed by atoms with Crippen molar-refractivity contribution in [3.63, 3.8) is 0 Å². The van der Waals surface area contributed by atoms with Crippen LogP contribution in [-0.2, 0) is 0 Å². The van der Waals surface area contributed by atoms with Crippen LogP contribution in [0.1, 0.15) is 41.0 Å². The summed E-state index contributed by atoms with van der Waals surface area (Å²) < 4.78 is 0. The van der Waals surface area contributed by atoms with Crippen LogP contribution in [0.15, 0.2) is 0 Å². The summed E-state index contributed by atoms with van der Waals surface area (Å²) in [6.07, 6.45) is 0.644. The fraction of sp³-hybridized carbons (Fsp3) is 1.00. The van der Waals surface area contributed by atoms with Gasteiger partial charge in [0, 0.05) is 5.41 Å². The molecule has 0 aromatic carbocycles. The Hall–Kier alpha value is -0.0800. The molecule has 0 rings (SSSR count). The predicted molar refractivity (Wildman–Crippen MR) is 57.5 cm³/mol. The number of nitrogens with zero attached hydrogens (tertiary/aromatic N) is 1. The summed E-state index contributed by atoms with van der Waals surface area (Å²) in [7, 11) is 3.82. The smallest absolute Gasteiger partial charge is 0.112 e. The third-order valence-corrected chi connectivity index (χ3v) is 2.17. The minimum absolute atomic E-state index is 0.0538. The van der Waals surface area contributed by atoms with E-state index in [1.54, 1.807) is 0 Å². The highest BCUT2D eigenvalue weighted by molar-refractivity contribution is 4.81. The SMILES string of the molecule is CN(C)C(O)C(C)(C)CC(C)(C)C. The minimum atomic E-state index is -0.369. The molecule has 2 nitrogen and oxygen atoms in total. The Morgan fingerprint density at radius 3 is 1.69 bits per heavy atom. The first-order valence-corrected chi connectivity index (χ1v) is 4.91. The molecular weight excluding hydrogens is 162 g/mol. The topological polar surface area (TPSA) is 23.5 Å². The van der Waals surface area contributed by atoms with Crippen molar-refractivity contribution in [2.24, 2.45) is 10.8 Å². The molecule has 0 amide bonds. The summed E-state index contributed by atoms with van der Waals surface area (Å²) in [4.78, 5) is 1.87. The lowest BCUT2D eigenvalue weighted by Crippen LogP contribution is -2.42. The second kappa shape index (κ2) is 3.97. The molecule has 0 bridgehead atoms. The van der Waals surface area contributed by atoms with E-state index in [1.165, 1.54) is 0 Å². The highest BCUT2D eigenvalue weighted by Crippen LogP contribution is 2.36. The van der Waals surface area contributed by atoms with Crippen LogP contribution in [0.25, 0.3) is 0 Å². The molecule has 1 atom stereocenters. The molecule has 0 radical (unpaired) electrons. The average molecular weight is 187 g/mol. The van der Waals surface area contributed by atoms with Gasteiger partial charge in [-0.3, -0.25) is 4.90 Å². The maximum absolute atomic E-state index is 9.94. The lowest BCUT2D eigenvalue weighted by molar-refractivity contribution is -0.0689. The van der Waals surface area contributed by atoms with E-state index in [1.807, 2.05) is 19.0 Å². The Bertz CT molecular complexity index is 156. The summed E-state index contributed by atoms with van der Waals surface area (Å²) in [5, 5.41) is 9.94. The maximum atomic E-state index is 9.94. The van der Waals surface area contributed by atoms with Crippen LogP contribution in [0.4, 0.5) is 0 Å². The van der Waals surface area contributed by atoms with E-state index in [0.717, 1.165) is 6.42 Å². The number of rotatable bonds is 3. The van der Waals surface area contributed by atoms with Gasteiger partial charge in [-0.15, -0.1) is 0 Å². The van der Waals surface area contributed by atoms with Gasteiger partial charge in [0.25, 0.3) is 0 Å². The van der Waals surface area contributed by atoms with Crippen LogP contribution in [0, 0.1) is 10.8 Å². The average Bonchev–Trinajstić information content (AvgIpc) is 1.80. The molecule has 80 valence electrons. The van der Waals surface area contributed by atoms with Crippen LogP contribution < -0.4 is 0 Å². The van der Waals surface area contributed by atoms with Crippen molar-refractivity contribution in [1.82, 2.24) is 4.90 Å². The molecule has 0 spiro atoms. The van der Waals surface area contributed by atoms with E-state index in [-0.39, 0.29) is 17.1 Å². The second-order valence-electron chi connectivity index (χ2n) is 6.06. The quantitative estimate of drug-likeness (QED) is 0.685. The Morgan fingerprint density at radius 2 is 1.46 bits per heavy atom. The van der Waals surface area contributed by atoms with Gasteiger partial charge in [0.2, 0.25) is 0 Å². The lowest BCUT2D eigenvalue weighted by Gasteiger charge is -2.39. The highest BCUT2D eigenvalue weighted by Gasteiger charge is 2.33. The van der Waals surface area contributed by atoms with Crippen molar-refractivity contribution in [2.75, 3.05) is 14.1 Å². The normalized spacial score (nSPS) is 16.4. The van der Waals surface area contributed by atoms with Crippen molar-refractivity contribution in [2.45, 2.75) is 47.3 Å². The molecule has 0 heterocycles. The van der Waals surface area contributed by atoms with Gasteiger partial charge in [-0.25, -0.2) is 0 Å². The van der Waals surface area contributed by atoms with Crippen molar-refractivity contribution in [1.29, 1.82) is 0 Å². The van der Waals surface area contributed by atoms with Gasteiger partial charge in [0.1, 0.15) is 6.23 Å². The molecular formula is C11H25NO. The Balaban J connectivity index is 4.39. The highest BCUT2D eigenvalue weighted by atomic mass is 16.3. The Kier molecular flexibility index (Phi) is 3.95. The monoisotopic (exact) mass is 187 g/mol. The van der Waals surface area contributed by atoms with E-state index in [9.17, 15) is 5.11 Å². The van der Waals surface area contributed by atoms with Crippen molar-refractivity contribution >= 4 is 0 Å². The standard InChI is InChI=1S/C11H25NO/c1-10(2,3)8-11(4,5)9(13)12(6)7/h9,13H,8H2,1-7H3. The van der Waals surface area contributed by atoms with Gasteiger partial charge in [-0.2, -0.15) is 0 Å². The molecule has 0 aliphatic heterocycles. The van der Waals surface area contributed by atoms with Crippen molar-refractivity contribution in [3.8, 4) is 0 Å².